The van der Waals surface area contributed by atoms with E-state index in [4.69, 9.17) is 0 Å². The third kappa shape index (κ3) is 4.46. The molecule has 1 amide bonds. The lowest BCUT2D eigenvalue weighted by Crippen LogP contribution is -2.32. The molecule has 1 aromatic carbocycles. The van der Waals surface area contributed by atoms with E-state index in [0.717, 1.165) is 43.6 Å². The van der Waals surface area contributed by atoms with Gasteiger partial charge in [0.2, 0.25) is 0 Å². The molecule has 2 aliphatic heterocycles. The molecule has 2 fully saturated rings. The summed E-state index contributed by atoms with van der Waals surface area (Å²) >= 11 is 0. The van der Waals surface area contributed by atoms with Crippen LogP contribution in [0.15, 0.2) is 42.6 Å². The third-order valence-corrected chi connectivity index (χ3v) is 5.96. The van der Waals surface area contributed by atoms with Crippen molar-refractivity contribution in [3.8, 4) is 0 Å². The van der Waals surface area contributed by atoms with Gasteiger partial charge >= 0.3 is 0 Å². The highest BCUT2D eigenvalue weighted by molar-refractivity contribution is 6.04. The van der Waals surface area contributed by atoms with Crippen LogP contribution >= 0.6 is 0 Å². The van der Waals surface area contributed by atoms with E-state index < -0.39 is 0 Å². The van der Waals surface area contributed by atoms with Crippen LogP contribution in [0.1, 0.15) is 49.4 Å². The zero-order chi connectivity index (χ0) is 19.3. The van der Waals surface area contributed by atoms with Gasteiger partial charge in [-0.2, -0.15) is 0 Å². The van der Waals surface area contributed by atoms with E-state index in [9.17, 15) is 4.79 Å². The van der Waals surface area contributed by atoms with Crippen LogP contribution in [0.4, 0.5) is 17.2 Å². The Morgan fingerprint density at radius 1 is 0.964 bits per heavy atom. The summed E-state index contributed by atoms with van der Waals surface area (Å²) in [6.07, 6.45) is 7.91. The van der Waals surface area contributed by atoms with Crippen LogP contribution in [-0.4, -0.2) is 37.1 Å². The molecule has 2 aromatic rings. The van der Waals surface area contributed by atoms with Crippen LogP contribution in [0.3, 0.4) is 0 Å². The molecule has 0 saturated carbocycles. The van der Waals surface area contributed by atoms with Crippen molar-refractivity contribution in [2.45, 2.75) is 39.0 Å². The molecule has 0 atom stereocenters. The Morgan fingerprint density at radius 3 is 2.39 bits per heavy atom. The van der Waals surface area contributed by atoms with E-state index in [2.05, 4.69) is 39.2 Å². The molecule has 2 aliphatic rings. The van der Waals surface area contributed by atoms with E-state index in [0.29, 0.717) is 5.56 Å². The minimum atomic E-state index is -0.0831. The van der Waals surface area contributed by atoms with Gasteiger partial charge in [0.1, 0.15) is 5.82 Å². The van der Waals surface area contributed by atoms with Crippen LogP contribution in [-0.2, 0) is 0 Å². The molecule has 0 radical (unpaired) electrons. The van der Waals surface area contributed by atoms with E-state index in [1.54, 1.807) is 12.3 Å². The van der Waals surface area contributed by atoms with Crippen molar-refractivity contribution in [3.05, 3.63) is 48.2 Å². The first-order valence-corrected chi connectivity index (χ1v) is 10.6. The van der Waals surface area contributed by atoms with Gasteiger partial charge < -0.3 is 15.1 Å². The molecule has 0 spiro atoms. The summed E-state index contributed by atoms with van der Waals surface area (Å²) in [4.78, 5) is 21.9. The number of rotatable bonds is 4. The average molecular weight is 379 g/mol. The number of nitrogens with one attached hydrogen (secondary N) is 1. The SMILES string of the molecule is CC1CCN(c2ccc(NC(=O)c3ccnc(N4CCCCC4)c3)cc2)CC1. The molecule has 2 saturated heterocycles. The number of anilines is 3. The average Bonchev–Trinajstić information content (AvgIpc) is 2.76. The first-order chi connectivity index (χ1) is 13.7. The number of amides is 1. The molecular formula is C23H30N4O. The van der Waals surface area contributed by atoms with Crippen LogP contribution in [0.5, 0.6) is 0 Å². The number of carbonyl (C=O) groups excluding carboxylic acids is 1. The summed E-state index contributed by atoms with van der Waals surface area (Å²) in [7, 11) is 0. The maximum absolute atomic E-state index is 12.7. The third-order valence-electron chi connectivity index (χ3n) is 5.96. The van der Waals surface area contributed by atoms with Gasteiger partial charge in [0.15, 0.2) is 0 Å². The number of pyridine rings is 1. The highest BCUT2D eigenvalue weighted by Gasteiger charge is 2.17. The highest BCUT2D eigenvalue weighted by Crippen LogP contribution is 2.25. The summed E-state index contributed by atoms with van der Waals surface area (Å²) in [5.41, 5.74) is 2.72. The second-order valence-electron chi connectivity index (χ2n) is 8.12. The Morgan fingerprint density at radius 2 is 1.68 bits per heavy atom. The van der Waals surface area contributed by atoms with Crippen molar-refractivity contribution in [1.82, 2.24) is 4.98 Å². The summed E-state index contributed by atoms with van der Waals surface area (Å²) < 4.78 is 0. The Hall–Kier alpha value is -2.56. The van der Waals surface area contributed by atoms with Gasteiger partial charge in [-0.25, -0.2) is 4.98 Å². The molecule has 1 N–H and O–H groups in total. The van der Waals surface area contributed by atoms with E-state index >= 15 is 0 Å². The van der Waals surface area contributed by atoms with Gasteiger partial charge in [0.25, 0.3) is 5.91 Å². The number of hydrogen-bond donors (Lipinski definition) is 1. The van der Waals surface area contributed by atoms with Gasteiger partial charge in [-0.05, 0) is 74.4 Å². The molecule has 148 valence electrons. The standard InChI is InChI=1S/C23H30N4O/c1-18-10-15-26(16-11-18)21-7-5-20(6-8-21)25-23(28)19-9-12-24-22(17-19)27-13-3-2-4-14-27/h5-9,12,17-18H,2-4,10-11,13-16H2,1H3,(H,25,28). The van der Waals surface area contributed by atoms with Crippen molar-refractivity contribution in [2.24, 2.45) is 5.92 Å². The lowest BCUT2D eigenvalue weighted by molar-refractivity contribution is 0.102. The molecule has 0 bridgehead atoms. The normalized spacial score (nSPS) is 18.2. The molecule has 3 heterocycles. The summed E-state index contributed by atoms with van der Waals surface area (Å²) in [6.45, 7) is 6.60. The summed E-state index contributed by atoms with van der Waals surface area (Å²) in [5.74, 6) is 1.65. The highest BCUT2D eigenvalue weighted by atomic mass is 16.1. The molecule has 5 heteroatoms. The van der Waals surface area contributed by atoms with Gasteiger partial charge in [-0.3, -0.25) is 4.79 Å². The lowest BCUT2D eigenvalue weighted by Gasteiger charge is -2.32. The number of nitrogens with zero attached hydrogens (tertiary/aromatic N) is 3. The monoisotopic (exact) mass is 378 g/mol. The smallest absolute Gasteiger partial charge is 0.255 e. The van der Waals surface area contributed by atoms with Crippen LogP contribution in [0.2, 0.25) is 0 Å². The number of aromatic nitrogens is 1. The first kappa shape index (κ1) is 18.8. The Labute approximate surface area is 167 Å². The molecule has 4 rings (SSSR count). The minimum absolute atomic E-state index is 0.0831. The predicted octanol–water partition coefficient (Wildman–Crippen LogP) is 4.56. The van der Waals surface area contributed by atoms with Crippen molar-refractivity contribution in [1.29, 1.82) is 0 Å². The number of carbonyl (C=O) groups is 1. The summed E-state index contributed by atoms with van der Waals surface area (Å²) in [5, 5.41) is 3.02. The van der Waals surface area contributed by atoms with Crippen LogP contribution in [0.25, 0.3) is 0 Å². The zero-order valence-corrected chi connectivity index (χ0v) is 16.7. The van der Waals surface area contributed by atoms with Crippen LogP contribution < -0.4 is 15.1 Å². The van der Waals surface area contributed by atoms with Gasteiger partial charge in [0, 0.05) is 49.3 Å². The Kier molecular flexibility index (Phi) is 5.79. The topological polar surface area (TPSA) is 48.5 Å². The summed E-state index contributed by atoms with van der Waals surface area (Å²) in [6, 6.07) is 11.9. The largest absolute Gasteiger partial charge is 0.372 e. The fourth-order valence-corrected chi connectivity index (χ4v) is 4.08. The zero-order valence-electron chi connectivity index (χ0n) is 16.7. The fraction of sp³-hybridized carbons (Fsp3) is 0.478. The maximum atomic E-state index is 12.7. The van der Waals surface area contributed by atoms with Crippen molar-refractivity contribution in [2.75, 3.05) is 41.3 Å². The van der Waals surface area contributed by atoms with Gasteiger partial charge in [-0.15, -0.1) is 0 Å². The number of piperidine rings is 2. The predicted molar refractivity (Wildman–Crippen MR) is 115 cm³/mol. The minimum Gasteiger partial charge on any atom is -0.372 e. The number of benzene rings is 1. The van der Waals surface area contributed by atoms with Crippen molar-refractivity contribution in [3.63, 3.8) is 0 Å². The van der Waals surface area contributed by atoms with E-state index in [1.165, 1.54) is 37.8 Å². The van der Waals surface area contributed by atoms with Gasteiger partial charge in [-0.1, -0.05) is 6.92 Å². The number of hydrogen-bond acceptors (Lipinski definition) is 4. The second-order valence-corrected chi connectivity index (χ2v) is 8.12. The van der Waals surface area contributed by atoms with Crippen molar-refractivity contribution < 1.29 is 4.79 Å². The molecule has 28 heavy (non-hydrogen) atoms. The fourth-order valence-electron chi connectivity index (χ4n) is 4.08. The maximum Gasteiger partial charge on any atom is 0.255 e. The second kappa shape index (κ2) is 8.63. The molecule has 0 aliphatic carbocycles. The molecule has 5 nitrogen and oxygen atoms in total. The van der Waals surface area contributed by atoms with Crippen LogP contribution in [0, 0.1) is 5.92 Å². The Balaban J connectivity index is 1.39. The first-order valence-electron chi connectivity index (χ1n) is 10.6. The Bertz CT molecular complexity index is 791. The van der Waals surface area contributed by atoms with E-state index in [-0.39, 0.29) is 5.91 Å². The molecule has 0 unspecified atom stereocenters. The van der Waals surface area contributed by atoms with Crippen molar-refractivity contribution >= 4 is 23.1 Å². The lowest BCUT2D eigenvalue weighted by atomic mass is 9.99. The quantitative estimate of drug-likeness (QED) is 0.847. The molecular weight excluding hydrogens is 348 g/mol. The molecule has 1 aromatic heterocycles. The van der Waals surface area contributed by atoms with E-state index in [1.807, 2.05) is 18.2 Å². The van der Waals surface area contributed by atoms with Gasteiger partial charge in [0.05, 0.1) is 0 Å².